The number of likely N-dealkylation sites (N-methyl/N-ethyl adjacent to an activating group) is 2. The average molecular weight is 382 g/mol. The van der Waals surface area contributed by atoms with Crippen LogP contribution in [-0.2, 0) is 0 Å². The second-order valence-corrected chi connectivity index (χ2v) is 5.74. The molecule has 0 heterocycles. The van der Waals surface area contributed by atoms with E-state index in [1.165, 1.54) is 0 Å². The van der Waals surface area contributed by atoms with Crippen LogP contribution >= 0.6 is 0 Å². The molecule has 6 nitrogen and oxygen atoms in total. The van der Waals surface area contributed by atoms with Gasteiger partial charge >= 0.3 is 0 Å². The zero-order chi connectivity index (χ0) is 20.5. The molecule has 0 bridgehead atoms. The van der Waals surface area contributed by atoms with Gasteiger partial charge in [-0.2, -0.15) is 11.4 Å². The summed E-state index contributed by atoms with van der Waals surface area (Å²) in [6.45, 7) is 0. The minimum Gasteiger partial charge on any atom is -0.688 e. The fourth-order valence-electron chi connectivity index (χ4n) is 2.71. The topological polar surface area (TPSA) is 65.1 Å². The van der Waals surface area contributed by atoms with Gasteiger partial charge in [-0.05, 0) is 35.4 Å². The number of methoxy groups -OCH3 is 4. The third-order valence-electron chi connectivity index (χ3n) is 4.17. The van der Waals surface area contributed by atoms with Crippen LogP contribution in [0, 0.1) is 0 Å². The summed E-state index contributed by atoms with van der Waals surface area (Å²) in [6.07, 6.45) is 3.89. The van der Waals surface area contributed by atoms with E-state index in [-0.39, 0.29) is 0 Å². The van der Waals surface area contributed by atoms with Gasteiger partial charge in [0.15, 0.2) is 23.0 Å². The highest BCUT2D eigenvalue weighted by atomic mass is 16.5. The Morgan fingerprint density at radius 2 is 0.964 bits per heavy atom. The number of ether oxygens (including phenoxy) is 4. The summed E-state index contributed by atoms with van der Waals surface area (Å²) < 4.78 is 21.3. The summed E-state index contributed by atoms with van der Waals surface area (Å²) in [5, 5.41) is 8.79. The molecule has 0 radical (unpaired) electrons. The Morgan fingerprint density at radius 1 is 0.607 bits per heavy atom. The van der Waals surface area contributed by atoms with Crippen molar-refractivity contribution in [1.29, 1.82) is 0 Å². The molecule has 0 saturated heterocycles. The van der Waals surface area contributed by atoms with E-state index in [1.54, 1.807) is 42.5 Å². The molecule has 0 aromatic heterocycles. The molecule has 0 aliphatic rings. The standard InChI is InChI=1S/C22H26N2O4/c1-23-17(11-15-7-9-19(25-3)21(13-15)27-5)18(24-2)12-16-8-10-20(26-4)22(14-16)28-6/h7-14H,1-6H3/q-2. The van der Waals surface area contributed by atoms with Gasteiger partial charge in [0.05, 0.1) is 28.4 Å². The van der Waals surface area contributed by atoms with E-state index in [9.17, 15) is 0 Å². The van der Waals surface area contributed by atoms with Crippen molar-refractivity contribution in [2.24, 2.45) is 0 Å². The molecule has 0 amide bonds. The van der Waals surface area contributed by atoms with Crippen LogP contribution in [0.15, 0.2) is 47.8 Å². The van der Waals surface area contributed by atoms with Crippen LogP contribution < -0.4 is 18.9 Å². The fourth-order valence-corrected chi connectivity index (χ4v) is 2.71. The lowest BCUT2D eigenvalue weighted by atomic mass is 10.1. The second kappa shape index (κ2) is 10.2. The Labute approximate surface area is 166 Å². The summed E-state index contributed by atoms with van der Waals surface area (Å²) in [6, 6.07) is 11.4. The highest BCUT2D eigenvalue weighted by Gasteiger charge is 2.04. The summed E-state index contributed by atoms with van der Waals surface area (Å²) in [5.41, 5.74) is 3.34. The number of rotatable bonds is 9. The van der Waals surface area contributed by atoms with Crippen LogP contribution in [0.5, 0.6) is 23.0 Å². The Morgan fingerprint density at radius 3 is 1.25 bits per heavy atom. The van der Waals surface area contributed by atoms with E-state index in [0.29, 0.717) is 23.0 Å². The zero-order valence-electron chi connectivity index (χ0n) is 17.1. The Kier molecular flexibility index (Phi) is 7.63. The molecule has 0 saturated carbocycles. The second-order valence-electron chi connectivity index (χ2n) is 5.74. The lowest BCUT2D eigenvalue weighted by Gasteiger charge is -2.32. The van der Waals surface area contributed by atoms with Crippen molar-refractivity contribution in [3.63, 3.8) is 0 Å². The molecule has 2 rings (SSSR count). The Hall–Kier alpha value is -3.28. The van der Waals surface area contributed by atoms with Crippen molar-refractivity contribution in [1.82, 2.24) is 0 Å². The third kappa shape index (κ3) is 4.91. The highest BCUT2D eigenvalue weighted by molar-refractivity contribution is 5.72. The number of nitrogens with zero attached hydrogens (tertiary/aromatic N) is 2. The van der Waals surface area contributed by atoms with Gasteiger partial charge in [-0.15, -0.1) is 14.1 Å². The molecule has 0 unspecified atom stereocenters. The van der Waals surface area contributed by atoms with Crippen molar-refractivity contribution in [2.75, 3.05) is 42.5 Å². The molecule has 2 aromatic rings. The molecule has 28 heavy (non-hydrogen) atoms. The van der Waals surface area contributed by atoms with Gasteiger partial charge in [-0.3, -0.25) is 0 Å². The van der Waals surface area contributed by atoms with E-state index in [1.807, 2.05) is 48.6 Å². The van der Waals surface area contributed by atoms with E-state index < -0.39 is 0 Å². The van der Waals surface area contributed by atoms with Crippen LogP contribution in [0.1, 0.15) is 11.1 Å². The lowest BCUT2D eigenvalue weighted by molar-refractivity contribution is 0.355. The van der Waals surface area contributed by atoms with E-state index in [2.05, 4.69) is 10.6 Å². The predicted octanol–water partition coefficient (Wildman–Crippen LogP) is 5.11. The zero-order valence-corrected chi connectivity index (χ0v) is 17.1. The smallest absolute Gasteiger partial charge is 0.161 e. The number of hydrogen-bond donors (Lipinski definition) is 0. The van der Waals surface area contributed by atoms with Gasteiger partial charge < -0.3 is 29.6 Å². The Bertz CT molecular complexity index is 788. The maximum absolute atomic E-state index is 5.37. The maximum atomic E-state index is 5.37. The molecule has 2 aromatic carbocycles. The van der Waals surface area contributed by atoms with Gasteiger partial charge in [0.2, 0.25) is 0 Å². The minimum atomic E-state index is 0.658. The summed E-state index contributed by atoms with van der Waals surface area (Å²) in [7, 11) is 9.92. The largest absolute Gasteiger partial charge is 0.688 e. The van der Waals surface area contributed by atoms with Crippen LogP contribution in [0.25, 0.3) is 22.8 Å². The van der Waals surface area contributed by atoms with Gasteiger partial charge in [0.1, 0.15) is 0 Å². The first-order valence-electron chi connectivity index (χ1n) is 8.67. The van der Waals surface area contributed by atoms with Gasteiger partial charge in [0.25, 0.3) is 0 Å². The first-order valence-corrected chi connectivity index (χ1v) is 8.67. The maximum Gasteiger partial charge on any atom is 0.161 e. The molecular weight excluding hydrogens is 356 g/mol. The molecule has 0 fully saturated rings. The van der Waals surface area contributed by atoms with Crippen LogP contribution in [0.4, 0.5) is 0 Å². The third-order valence-corrected chi connectivity index (χ3v) is 4.17. The molecular formula is C22H26N2O4-2. The molecule has 6 heteroatoms. The number of benzene rings is 2. The summed E-state index contributed by atoms with van der Waals surface area (Å²) in [4.78, 5) is 0. The fraction of sp³-hybridized carbons (Fsp3) is 0.273. The summed E-state index contributed by atoms with van der Waals surface area (Å²) >= 11 is 0. The molecule has 150 valence electrons. The SMILES string of the molecule is C[N-]C(=Cc1ccc(OC)c(OC)c1)C(=Cc1ccc(OC)c(OC)c1)[N-]C. The van der Waals surface area contributed by atoms with Gasteiger partial charge in [0, 0.05) is 0 Å². The average Bonchev–Trinajstić information content (AvgIpc) is 2.75. The van der Waals surface area contributed by atoms with Crippen LogP contribution in [0.2, 0.25) is 0 Å². The number of hydrogen-bond acceptors (Lipinski definition) is 4. The molecule has 0 spiro atoms. The first-order chi connectivity index (χ1) is 13.6. The van der Waals surface area contributed by atoms with Crippen molar-refractivity contribution in [3.05, 3.63) is 69.6 Å². The van der Waals surface area contributed by atoms with Crippen molar-refractivity contribution >= 4 is 12.2 Å². The normalized spacial score (nSPS) is 11.6. The van der Waals surface area contributed by atoms with Crippen molar-refractivity contribution in [3.8, 4) is 23.0 Å². The Balaban J connectivity index is 2.42. The van der Waals surface area contributed by atoms with Crippen LogP contribution in [0.3, 0.4) is 0 Å². The van der Waals surface area contributed by atoms with Gasteiger partial charge in [-0.1, -0.05) is 24.3 Å². The predicted molar refractivity (Wildman–Crippen MR) is 114 cm³/mol. The van der Waals surface area contributed by atoms with E-state index >= 15 is 0 Å². The lowest BCUT2D eigenvalue weighted by Crippen LogP contribution is -1.93. The molecule has 0 N–H and O–H groups in total. The van der Waals surface area contributed by atoms with Crippen LogP contribution in [-0.4, -0.2) is 42.5 Å². The molecule has 0 aliphatic heterocycles. The van der Waals surface area contributed by atoms with Crippen molar-refractivity contribution in [2.45, 2.75) is 0 Å². The quantitative estimate of drug-likeness (QED) is 0.565. The van der Waals surface area contributed by atoms with Gasteiger partial charge in [-0.25, -0.2) is 0 Å². The van der Waals surface area contributed by atoms with E-state index in [4.69, 9.17) is 18.9 Å². The first kappa shape index (κ1) is 21.0. The monoisotopic (exact) mass is 382 g/mol. The molecule has 0 aliphatic carbocycles. The van der Waals surface area contributed by atoms with E-state index in [0.717, 1.165) is 22.5 Å². The minimum absolute atomic E-state index is 0.658. The van der Waals surface area contributed by atoms with Crippen molar-refractivity contribution < 1.29 is 18.9 Å². The molecule has 0 atom stereocenters. The highest BCUT2D eigenvalue weighted by Crippen LogP contribution is 2.32. The summed E-state index contributed by atoms with van der Waals surface area (Å²) in [5.74, 6) is 2.67.